The number of benzene rings is 3. The van der Waals surface area contributed by atoms with Crippen LogP contribution in [-0.2, 0) is 14.4 Å². The van der Waals surface area contributed by atoms with Crippen LogP contribution in [0.1, 0.15) is 11.1 Å². The first-order valence-corrected chi connectivity index (χ1v) is 10.4. The van der Waals surface area contributed by atoms with Gasteiger partial charge in [-0.15, -0.1) is 0 Å². The standard InChI is InChI=1S/C24H20ClFN4O4/c1-15-9-10-17(25)12-21(15)28-22(31)14-34-18-6-4-5-16(11-18)13-27-30-24(33)23(32)29-20-8-3-2-7-19(20)26/h2-13H,14H2,1H3,(H,28,31)(H,29,32)(H,30,33)/b27-13-. The summed E-state index contributed by atoms with van der Waals surface area (Å²) >= 11 is 5.95. The van der Waals surface area contributed by atoms with E-state index in [0.29, 0.717) is 22.0 Å². The molecule has 0 fully saturated rings. The van der Waals surface area contributed by atoms with Gasteiger partial charge in [0.15, 0.2) is 6.61 Å². The molecule has 3 amide bonds. The molecule has 0 radical (unpaired) electrons. The minimum atomic E-state index is -1.07. The lowest BCUT2D eigenvalue weighted by molar-refractivity contribution is -0.136. The number of halogens is 2. The van der Waals surface area contributed by atoms with Crippen LogP contribution in [0.5, 0.6) is 5.75 Å². The lowest BCUT2D eigenvalue weighted by Crippen LogP contribution is -2.32. The summed E-state index contributed by atoms with van der Waals surface area (Å²) in [6, 6.07) is 17.2. The van der Waals surface area contributed by atoms with Crippen molar-refractivity contribution in [1.82, 2.24) is 5.43 Å². The van der Waals surface area contributed by atoms with Crippen molar-refractivity contribution in [2.45, 2.75) is 6.92 Å². The molecule has 0 aromatic heterocycles. The van der Waals surface area contributed by atoms with E-state index < -0.39 is 17.6 Å². The average molecular weight is 483 g/mol. The number of carbonyl (C=O) groups is 3. The van der Waals surface area contributed by atoms with Gasteiger partial charge in [0.05, 0.1) is 11.9 Å². The molecule has 8 nitrogen and oxygen atoms in total. The Morgan fingerprint density at radius 3 is 2.56 bits per heavy atom. The number of hydrogen-bond donors (Lipinski definition) is 3. The molecule has 3 aromatic carbocycles. The van der Waals surface area contributed by atoms with Crippen LogP contribution in [0.3, 0.4) is 0 Å². The number of para-hydroxylation sites is 1. The second-order valence-corrected chi connectivity index (χ2v) is 7.44. The fraction of sp³-hybridized carbons (Fsp3) is 0.0833. The third-order valence-corrected chi connectivity index (χ3v) is 4.64. The Morgan fingerprint density at radius 2 is 1.76 bits per heavy atom. The highest BCUT2D eigenvalue weighted by molar-refractivity contribution is 6.39. The molecule has 0 heterocycles. The molecule has 0 spiro atoms. The highest BCUT2D eigenvalue weighted by Crippen LogP contribution is 2.20. The van der Waals surface area contributed by atoms with Crippen LogP contribution in [0.2, 0.25) is 5.02 Å². The molecule has 0 aliphatic heterocycles. The largest absolute Gasteiger partial charge is 0.484 e. The number of rotatable bonds is 7. The van der Waals surface area contributed by atoms with Gasteiger partial charge < -0.3 is 15.4 Å². The highest BCUT2D eigenvalue weighted by Gasteiger charge is 2.14. The van der Waals surface area contributed by atoms with Crippen molar-refractivity contribution in [3.8, 4) is 5.75 Å². The minimum absolute atomic E-state index is 0.119. The zero-order valence-electron chi connectivity index (χ0n) is 18.0. The Hall–Kier alpha value is -4.24. The van der Waals surface area contributed by atoms with Crippen LogP contribution in [0.4, 0.5) is 15.8 Å². The maximum atomic E-state index is 13.6. The third-order valence-electron chi connectivity index (χ3n) is 4.41. The van der Waals surface area contributed by atoms with E-state index in [1.165, 1.54) is 24.4 Å². The summed E-state index contributed by atoms with van der Waals surface area (Å²) in [5.41, 5.74) is 3.93. The molecule has 174 valence electrons. The first kappa shape index (κ1) is 24.4. The number of nitrogens with zero attached hydrogens (tertiary/aromatic N) is 1. The lowest BCUT2D eigenvalue weighted by Gasteiger charge is -2.10. The molecule has 3 rings (SSSR count). The molecular weight excluding hydrogens is 463 g/mol. The Balaban J connectivity index is 1.50. The summed E-state index contributed by atoms with van der Waals surface area (Å²) in [6.07, 6.45) is 1.29. The van der Waals surface area contributed by atoms with E-state index in [9.17, 15) is 18.8 Å². The quantitative estimate of drug-likeness (QED) is 0.269. The van der Waals surface area contributed by atoms with Gasteiger partial charge in [0, 0.05) is 10.7 Å². The number of ether oxygens (including phenoxy) is 1. The number of hydrazone groups is 1. The molecule has 0 aliphatic rings. The first-order valence-electron chi connectivity index (χ1n) is 9.99. The van der Waals surface area contributed by atoms with Gasteiger partial charge in [0.25, 0.3) is 5.91 Å². The van der Waals surface area contributed by atoms with E-state index in [1.54, 1.807) is 42.5 Å². The summed E-state index contributed by atoms with van der Waals surface area (Å²) < 4.78 is 19.1. The fourth-order valence-electron chi connectivity index (χ4n) is 2.71. The van der Waals surface area contributed by atoms with Gasteiger partial charge in [0.2, 0.25) is 0 Å². The topological polar surface area (TPSA) is 109 Å². The van der Waals surface area contributed by atoms with Gasteiger partial charge in [-0.1, -0.05) is 41.9 Å². The number of carbonyl (C=O) groups excluding carboxylic acids is 3. The summed E-state index contributed by atoms with van der Waals surface area (Å²) in [5, 5.41) is 9.10. The summed E-state index contributed by atoms with van der Waals surface area (Å²) in [5.74, 6) is -2.77. The molecular formula is C24H20ClFN4O4. The second kappa shape index (κ2) is 11.6. The van der Waals surface area contributed by atoms with Gasteiger partial charge in [-0.05, 0) is 54.4 Å². The van der Waals surface area contributed by atoms with Crippen LogP contribution in [0.25, 0.3) is 0 Å². The molecule has 10 heteroatoms. The third kappa shape index (κ3) is 7.14. The van der Waals surface area contributed by atoms with Gasteiger partial charge in [-0.3, -0.25) is 14.4 Å². The van der Waals surface area contributed by atoms with E-state index in [1.807, 2.05) is 6.92 Å². The van der Waals surface area contributed by atoms with Gasteiger partial charge >= 0.3 is 11.8 Å². The van der Waals surface area contributed by atoms with Gasteiger partial charge in [-0.2, -0.15) is 5.10 Å². The SMILES string of the molecule is Cc1ccc(Cl)cc1NC(=O)COc1cccc(/C=N\NC(=O)C(=O)Nc2ccccc2F)c1. The molecule has 0 atom stereocenters. The summed E-state index contributed by atoms with van der Waals surface area (Å²) in [6.45, 7) is 1.61. The molecule has 0 bridgehead atoms. The number of amides is 3. The second-order valence-electron chi connectivity index (χ2n) is 7.00. The van der Waals surface area contributed by atoms with Crippen LogP contribution < -0.4 is 20.8 Å². The van der Waals surface area contributed by atoms with Crippen LogP contribution in [0, 0.1) is 12.7 Å². The minimum Gasteiger partial charge on any atom is -0.484 e. The Labute approximate surface area is 199 Å². The summed E-state index contributed by atoms with van der Waals surface area (Å²) in [4.78, 5) is 35.9. The van der Waals surface area contributed by atoms with Crippen LogP contribution in [-0.4, -0.2) is 30.5 Å². The van der Waals surface area contributed by atoms with E-state index in [2.05, 4.69) is 21.2 Å². The van der Waals surface area contributed by atoms with Crippen molar-refractivity contribution in [3.05, 3.63) is 88.7 Å². The van der Waals surface area contributed by atoms with Crippen molar-refractivity contribution < 1.29 is 23.5 Å². The summed E-state index contributed by atoms with van der Waals surface area (Å²) in [7, 11) is 0. The number of aryl methyl sites for hydroxylation is 1. The monoisotopic (exact) mass is 482 g/mol. The number of anilines is 2. The zero-order valence-corrected chi connectivity index (χ0v) is 18.7. The number of hydrogen-bond acceptors (Lipinski definition) is 5. The van der Waals surface area contributed by atoms with E-state index in [4.69, 9.17) is 16.3 Å². The van der Waals surface area contributed by atoms with Crippen molar-refractivity contribution in [3.63, 3.8) is 0 Å². The fourth-order valence-corrected chi connectivity index (χ4v) is 2.88. The van der Waals surface area contributed by atoms with Crippen LogP contribution >= 0.6 is 11.6 Å². The van der Waals surface area contributed by atoms with Crippen molar-refractivity contribution >= 4 is 46.9 Å². The zero-order chi connectivity index (χ0) is 24.5. The van der Waals surface area contributed by atoms with Gasteiger partial charge in [-0.25, -0.2) is 9.82 Å². The molecule has 0 unspecified atom stereocenters. The molecule has 3 aromatic rings. The van der Waals surface area contributed by atoms with Crippen molar-refractivity contribution in [2.24, 2.45) is 5.10 Å². The predicted octanol–water partition coefficient (Wildman–Crippen LogP) is 3.89. The maximum absolute atomic E-state index is 13.6. The van der Waals surface area contributed by atoms with E-state index >= 15 is 0 Å². The average Bonchev–Trinajstić information content (AvgIpc) is 2.82. The normalized spacial score (nSPS) is 10.6. The lowest BCUT2D eigenvalue weighted by atomic mass is 10.2. The Bertz CT molecular complexity index is 1250. The van der Waals surface area contributed by atoms with Crippen LogP contribution in [0.15, 0.2) is 71.8 Å². The molecule has 0 saturated heterocycles. The molecule has 34 heavy (non-hydrogen) atoms. The van der Waals surface area contributed by atoms with Gasteiger partial charge in [0.1, 0.15) is 11.6 Å². The van der Waals surface area contributed by atoms with E-state index in [-0.39, 0.29) is 18.2 Å². The maximum Gasteiger partial charge on any atom is 0.329 e. The smallest absolute Gasteiger partial charge is 0.329 e. The number of nitrogens with one attached hydrogen (secondary N) is 3. The molecule has 3 N–H and O–H groups in total. The van der Waals surface area contributed by atoms with Crippen molar-refractivity contribution in [2.75, 3.05) is 17.2 Å². The Kier molecular flexibility index (Phi) is 8.31. The highest BCUT2D eigenvalue weighted by atomic mass is 35.5. The van der Waals surface area contributed by atoms with Crippen molar-refractivity contribution in [1.29, 1.82) is 0 Å². The predicted molar refractivity (Wildman–Crippen MR) is 128 cm³/mol. The molecule has 0 aliphatic carbocycles. The molecule has 0 saturated carbocycles. The first-order chi connectivity index (χ1) is 16.3. The Morgan fingerprint density at radius 1 is 0.971 bits per heavy atom. The van der Waals surface area contributed by atoms with E-state index in [0.717, 1.165) is 11.6 Å².